The third-order valence-electron chi connectivity index (χ3n) is 2.59. The van der Waals surface area contributed by atoms with Crippen LogP contribution in [0.2, 0.25) is 0 Å². The molecule has 2 aromatic heterocycles. The molecule has 0 bridgehead atoms. The van der Waals surface area contributed by atoms with Crippen molar-refractivity contribution in [2.75, 3.05) is 0 Å². The first-order valence-corrected chi connectivity index (χ1v) is 7.29. The van der Waals surface area contributed by atoms with E-state index in [9.17, 15) is 4.79 Å². The van der Waals surface area contributed by atoms with Gasteiger partial charge in [0.2, 0.25) is 0 Å². The third kappa shape index (κ3) is 4.07. The molecule has 0 saturated heterocycles. The van der Waals surface area contributed by atoms with Crippen molar-refractivity contribution in [1.29, 1.82) is 5.26 Å². The Labute approximate surface area is 126 Å². The predicted octanol–water partition coefficient (Wildman–Crippen LogP) is 2.31. The van der Waals surface area contributed by atoms with Crippen LogP contribution < -0.4 is 5.32 Å². The molecule has 0 saturated carbocycles. The maximum Gasteiger partial charge on any atom is 0.255 e. The molecule has 108 valence electrons. The molecule has 0 aliphatic heterocycles. The van der Waals surface area contributed by atoms with Crippen molar-refractivity contribution in [1.82, 2.24) is 15.5 Å². The normalized spacial score (nSPS) is 11.7. The zero-order valence-corrected chi connectivity index (χ0v) is 12.5. The van der Waals surface area contributed by atoms with Gasteiger partial charge in [-0.15, -0.1) is 0 Å². The number of hydrogen-bond donors (Lipinski definition) is 1. The number of pyridine rings is 1. The van der Waals surface area contributed by atoms with E-state index in [0.717, 1.165) is 11.5 Å². The first-order valence-electron chi connectivity index (χ1n) is 6.30. The molecule has 21 heavy (non-hydrogen) atoms. The van der Waals surface area contributed by atoms with Crippen molar-refractivity contribution < 1.29 is 9.32 Å². The van der Waals surface area contributed by atoms with Gasteiger partial charge in [-0.2, -0.15) is 5.26 Å². The van der Waals surface area contributed by atoms with Crippen LogP contribution in [0.3, 0.4) is 0 Å². The van der Waals surface area contributed by atoms with Gasteiger partial charge in [-0.1, -0.05) is 16.9 Å². The van der Waals surface area contributed by atoms with Gasteiger partial charge in [0.1, 0.15) is 16.8 Å². The number of hydrogen-bond acceptors (Lipinski definition) is 6. The molecule has 0 unspecified atom stereocenters. The number of carbonyl (C=O) groups excluding carboxylic acids is 1. The van der Waals surface area contributed by atoms with Crippen LogP contribution in [0.5, 0.6) is 0 Å². The first kappa shape index (κ1) is 15.1. The SMILES string of the molecule is Cc1cc(CSc2ncccc2C(=O)N[C@H](C)C#N)no1. The molecule has 7 heteroatoms. The van der Waals surface area contributed by atoms with Crippen molar-refractivity contribution in [2.45, 2.75) is 30.7 Å². The zero-order valence-electron chi connectivity index (χ0n) is 11.7. The molecule has 0 radical (unpaired) electrons. The molecule has 2 aromatic rings. The summed E-state index contributed by atoms with van der Waals surface area (Å²) in [6.07, 6.45) is 1.63. The average Bonchev–Trinajstić information content (AvgIpc) is 2.90. The topological polar surface area (TPSA) is 91.8 Å². The van der Waals surface area contributed by atoms with E-state index in [1.165, 1.54) is 11.8 Å². The lowest BCUT2D eigenvalue weighted by atomic mass is 10.2. The summed E-state index contributed by atoms with van der Waals surface area (Å²) in [4.78, 5) is 16.3. The Bertz CT molecular complexity index is 678. The number of nitrogens with zero attached hydrogens (tertiary/aromatic N) is 3. The molecule has 1 atom stereocenters. The van der Waals surface area contributed by atoms with Crippen molar-refractivity contribution >= 4 is 17.7 Å². The Morgan fingerprint density at radius 2 is 2.43 bits per heavy atom. The minimum Gasteiger partial charge on any atom is -0.361 e. The number of nitriles is 1. The van der Waals surface area contributed by atoms with Crippen LogP contribution >= 0.6 is 11.8 Å². The molecule has 0 spiro atoms. The summed E-state index contributed by atoms with van der Waals surface area (Å²) in [5.41, 5.74) is 1.24. The highest BCUT2D eigenvalue weighted by Gasteiger charge is 2.15. The Morgan fingerprint density at radius 3 is 3.10 bits per heavy atom. The van der Waals surface area contributed by atoms with Crippen LogP contribution in [0.4, 0.5) is 0 Å². The Kier molecular flexibility index (Phi) is 4.95. The summed E-state index contributed by atoms with van der Waals surface area (Å²) in [6.45, 7) is 3.45. The van der Waals surface area contributed by atoms with Crippen LogP contribution in [0.1, 0.15) is 28.7 Å². The molecule has 0 aliphatic carbocycles. The minimum absolute atomic E-state index is 0.309. The van der Waals surface area contributed by atoms with Gasteiger partial charge < -0.3 is 9.84 Å². The molecule has 0 aromatic carbocycles. The van der Waals surface area contributed by atoms with Crippen LogP contribution in [0.15, 0.2) is 33.9 Å². The average molecular weight is 302 g/mol. The number of nitrogens with one attached hydrogen (secondary N) is 1. The molecular formula is C14H14N4O2S. The number of thioether (sulfide) groups is 1. The van der Waals surface area contributed by atoms with Crippen LogP contribution in [-0.4, -0.2) is 22.1 Å². The summed E-state index contributed by atoms with van der Waals surface area (Å²) in [7, 11) is 0. The molecule has 0 aliphatic rings. The fourth-order valence-corrected chi connectivity index (χ4v) is 2.49. The fourth-order valence-electron chi connectivity index (χ4n) is 1.61. The second-order valence-electron chi connectivity index (χ2n) is 4.40. The van der Waals surface area contributed by atoms with E-state index in [2.05, 4.69) is 15.5 Å². The molecule has 1 N–H and O–H groups in total. The van der Waals surface area contributed by atoms with Gasteiger partial charge in [-0.05, 0) is 26.0 Å². The highest BCUT2D eigenvalue weighted by molar-refractivity contribution is 7.98. The van der Waals surface area contributed by atoms with Gasteiger partial charge in [-0.25, -0.2) is 4.98 Å². The van der Waals surface area contributed by atoms with E-state index in [1.807, 2.05) is 19.1 Å². The van der Waals surface area contributed by atoms with Crippen molar-refractivity contribution in [3.63, 3.8) is 0 Å². The van der Waals surface area contributed by atoms with Gasteiger partial charge >= 0.3 is 0 Å². The number of carbonyl (C=O) groups is 1. The maximum absolute atomic E-state index is 12.1. The summed E-state index contributed by atoms with van der Waals surface area (Å²) >= 11 is 1.40. The van der Waals surface area contributed by atoms with E-state index >= 15 is 0 Å². The zero-order chi connectivity index (χ0) is 15.2. The number of aromatic nitrogens is 2. The highest BCUT2D eigenvalue weighted by atomic mass is 32.2. The van der Waals surface area contributed by atoms with E-state index in [0.29, 0.717) is 16.3 Å². The second-order valence-corrected chi connectivity index (χ2v) is 5.36. The van der Waals surface area contributed by atoms with Gasteiger partial charge in [0.05, 0.1) is 17.3 Å². The van der Waals surface area contributed by atoms with Gasteiger partial charge in [0.25, 0.3) is 5.91 Å². The summed E-state index contributed by atoms with van der Waals surface area (Å²) in [6, 6.07) is 6.63. The van der Waals surface area contributed by atoms with E-state index in [4.69, 9.17) is 9.78 Å². The molecule has 2 rings (SSSR count). The van der Waals surface area contributed by atoms with E-state index in [1.54, 1.807) is 25.3 Å². The van der Waals surface area contributed by atoms with Crippen molar-refractivity contribution in [2.24, 2.45) is 0 Å². The van der Waals surface area contributed by atoms with Gasteiger partial charge in [0, 0.05) is 18.0 Å². The summed E-state index contributed by atoms with van der Waals surface area (Å²) < 4.78 is 5.00. The summed E-state index contributed by atoms with van der Waals surface area (Å²) in [5, 5.41) is 15.8. The van der Waals surface area contributed by atoms with E-state index < -0.39 is 6.04 Å². The van der Waals surface area contributed by atoms with Crippen molar-refractivity contribution in [3.05, 3.63) is 41.4 Å². The molecule has 0 fully saturated rings. The summed E-state index contributed by atoms with van der Waals surface area (Å²) in [5.74, 6) is 0.992. The largest absolute Gasteiger partial charge is 0.361 e. The van der Waals surface area contributed by atoms with Crippen molar-refractivity contribution in [3.8, 4) is 6.07 Å². The predicted molar refractivity (Wildman–Crippen MR) is 77.6 cm³/mol. The second kappa shape index (κ2) is 6.90. The van der Waals surface area contributed by atoms with Gasteiger partial charge in [-0.3, -0.25) is 4.79 Å². The standard InChI is InChI=1S/C14H14N4O2S/c1-9(7-15)17-13(19)12-4-3-5-16-14(12)21-8-11-6-10(2)20-18-11/h3-6,9H,8H2,1-2H3,(H,17,19)/t9-/m1/s1. The minimum atomic E-state index is -0.547. The van der Waals surface area contributed by atoms with Crippen LogP contribution in [-0.2, 0) is 5.75 Å². The lowest BCUT2D eigenvalue weighted by Gasteiger charge is -2.09. The van der Waals surface area contributed by atoms with Gasteiger partial charge in [0.15, 0.2) is 0 Å². The third-order valence-corrected chi connectivity index (χ3v) is 3.63. The number of aryl methyl sites for hydroxylation is 1. The Hall–Kier alpha value is -2.33. The number of rotatable bonds is 5. The lowest BCUT2D eigenvalue weighted by Crippen LogP contribution is -2.31. The Balaban J connectivity index is 2.09. The quantitative estimate of drug-likeness (QED) is 0.852. The first-order chi connectivity index (χ1) is 10.1. The monoisotopic (exact) mass is 302 g/mol. The maximum atomic E-state index is 12.1. The van der Waals surface area contributed by atoms with E-state index in [-0.39, 0.29) is 5.91 Å². The van der Waals surface area contributed by atoms with Crippen LogP contribution in [0.25, 0.3) is 0 Å². The number of amides is 1. The van der Waals surface area contributed by atoms with Crippen LogP contribution in [0, 0.1) is 18.3 Å². The molecular weight excluding hydrogens is 288 g/mol. The highest BCUT2D eigenvalue weighted by Crippen LogP contribution is 2.24. The molecule has 2 heterocycles. The lowest BCUT2D eigenvalue weighted by molar-refractivity contribution is 0.0944. The molecule has 6 nitrogen and oxygen atoms in total. The Morgan fingerprint density at radius 1 is 1.62 bits per heavy atom. The fraction of sp³-hybridized carbons (Fsp3) is 0.286. The smallest absolute Gasteiger partial charge is 0.255 e. The molecule has 1 amide bonds.